The number of ether oxygens (including phenoxy) is 2. The third-order valence-electron chi connectivity index (χ3n) is 5.47. The topological polar surface area (TPSA) is 84.9 Å². The normalized spacial score (nSPS) is 14.8. The lowest BCUT2D eigenvalue weighted by Gasteiger charge is -2.26. The molecule has 4 rings (SSSR count). The number of rotatable bonds is 7. The van der Waals surface area contributed by atoms with Crippen molar-refractivity contribution < 1.29 is 22.7 Å². The molecule has 3 aromatic carbocycles. The first-order valence-electron chi connectivity index (χ1n) is 10.6. The molecule has 1 saturated heterocycles. The van der Waals surface area contributed by atoms with E-state index in [1.54, 1.807) is 12.1 Å². The fraction of sp³-hybridized carbons (Fsp3) is 0.292. The monoisotopic (exact) mass is 454 g/mol. The van der Waals surface area contributed by atoms with Crippen molar-refractivity contribution in [3.63, 3.8) is 0 Å². The van der Waals surface area contributed by atoms with E-state index >= 15 is 0 Å². The number of nitrogens with zero attached hydrogens (tertiary/aromatic N) is 1. The van der Waals surface area contributed by atoms with Crippen LogP contribution in [0.25, 0.3) is 10.8 Å². The summed E-state index contributed by atoms with van der Waals surface area (Å²) in [6.45, 7) is 0.780. The maximum absolute atomic E-state index is 13.1. The zero-order valence-electron chi connectivity index (χ0n) is 17.9. The summed E-state index contributed by atoms with van der Waals surface area (Å²) in [5.74, 6) is 0.451. The molecule has 0 aromatic heterocycles. The number of methoxy groups -OCH3 is 1. The number of fused-ring (bicyclic) bond motifs is 1. The first-order valence-corrected chi connectivity index (χ1v) is 12.0. The Morgan fingerprint density at radius 1 is 0.969 bits per heavy atom. The van der Waals surface area contributed by atoms with Crippen molar-refractivity contribution in [2.45, 2.75) is 24.2 Å². The van der Waals surface area contributed by atoms with Crippen molar-refractivity contribution in [3.05, 3.63) is 60.7 Å². The zero-order chi connectivity index (χ0) is 22.6. The molecule has 1 amide bonds. The SMILES string of the molecule is COc1ccc(NC(=O)COc2ccc3ccccc3c2)cc1S(=O)(=O)N1CCCCC1. The first kappa shape index (κ1) is 22.1. The summed E-state index contributed by atoms with van der Waals surface area (Å²) in [5, 5.41) is 4.82. The molecule has 0 saturated carbocycles. The van der Waals surface area contributed by atoms with Crippen molar-refractivity contribution in [1.82, 2.24) is 4.31 Å². The minimum Gasteiger partial charge on any atom is -0.495 e. The van der Waals surface area contributed by atoms with Gasteiger partial charge >= 0.3 is 0 Å². The van der Waals surface area contributed by atoms with Crippen LogP contribution in [0, 0.1) is 0 Å². The smallest absolute Gasteiger partial charge is 0.262 e. The quantitative estimate of drug-likeness (QED) is 0.582. The standard InChI is InChI=1S/C24H26N2O5S/c1-30-22-12-10-20(16-23(22)32(28,29)26-13-5-2-6-14-26)25-24(27)17-31-21-11-9-18-7-3-4-8-19(18)15-21/h3-4,7-12,15-16H,2,5-6,13-14,17H2,1H3,(H,25,27). The summed E-state index contributed by atoms with van der Waals surface area (Å²) in [5.41, 5.74) is 0.369. The highest BCUT2D eigenvalue weighted by Gasteiger charge is 2.29. The molecule has 1 aliphatic rings. The number of hydrogen-bond donors (Lipinski definition) is 1. The van der Waals surface area contributed by atoms with Crippen LogP contribution in [-0.4, -0.2) is 45.4 Å². The summed E-state index contributed by atoms with van der Waals surface area (Å²) in [7, 11) is -2.28. The summed E-state index contributed by atoms with van der Waals surface area (Å²) in [6, 6.07) is 18.1. The van der Waals surface area contributed by atoms with Gasteiger partial charge in [0.15, 0.2) is 6.61 Å². The molecule has 0 unspecified atom stereocenters. The lowest BCUT2D eigenvalue weighted by molar-refractivity contribution is -0.118. The predicted molar refractivity (Wildman–Crippen MR) is 124 cm³/mol. The van der Waals surface area contributed by atoms with Gasteiger partial charge in [0, 0.05) is 18.8 Å². The number of nitrogens with one attached hydrogen (secondary N) is 1. The maximum atomic E-state index is 13.1. The number of hydrogen-bond acceptors (Lipinski definition) is 5. The number of carbonyl (C=O) groups excluding carboxylic acids is 1. The van der Waals surface area contributed by atoms with Gasteiger partial charge in [0.25, 0.3) is 5.91 Å². The Morgan fingerprint density at radius 2 is 1.72 bits per heavy atom. The van der Waals surface area contributed by atoms with Gasteiger partial charge in [-0.15, -0.1) is 0 Å². The fourth-order valence-electron chi connectivity index (χ4n) is 3.80. The molecule has 1 fully saturated rings. The molecule has 1 heterocycles. The van der Waals surface area contributed by atoms with Crippen molar-refractivity contribution in [2.75, 3.05) is 32.1 Å². The average molecular weight is 455 g/mol. The third-order valence-corrected chi connectivity index (χ3v) is 7.39. The van der Waals surface area contributed by atoms with Gasteiger partial charge in [-0.1, -0.05) is 36.8 Å². The maximum Gasteiger partial charge on any atom is 0.262 e. The highest BCUT2D eigenvalue weighted by atomic mass is 32.2. The van der Waals surface area contributed by atoms with E-state index in [1.807, 2.05) is 42.5 Å². The second-order valence-electron chi connectivity index (χ2n) is 7.68. The Labute approximate surface area is 188 Å². The highest BCUT2D eigenvalue weighted by molar-refractivity contribution is 7.89. The van der Waals surface area contributed by atoms with Gasteiger partial charge in [0.05, 0.1) is 7.11 Å². The second-order valence-corrected chi connectivity index (χ2v) is 9.58. The Bertz CT molecular complexity index is 1220. The largest absolute Gasteiger partial charge is 0.495 e. The molecule has 0 atom stereocenters. The molecule has 0 aliphatic carbocycles. The highest BCUT2D eigenvalue weighted by Crippen LogP contribution is 2.31. The summed E-state index contributed by atoms with van der Waals surface area (Å²) >= 11 is 0. The minimum atomic E-state index is -3.71. The average Bonchev–Trinajstić information content (AvgIpc) is 2.83. The van der Waals surface area contributed by atoms with Gasteiger partial charge < -0.3 is 14.8 Å². The zero-order valence-corrected chi connectivity index (χ0v) is 18.7. The van der Waals surface area contributed by atoms with Crippen LogP contribution >= 0.6 is 0 Å². The van der Waals surface area contributed by atoms with E-state index in [0.29, 0.717) is 24.5 Å². The number of amides is 1. The first-order chi connectivity index (χ1) is 15.5. The molecule has 32 heavy (non-hydrogen) atoms. The molecule has 1 aliphatic heterocycles. The van der Waals surface area contributed by atoms with Crippen molar-refractivity contribution >= 4 is 32.4 Å². The van der Waals surface area contributed by atoms with Crippen LogP contribution in [0.5, 0.6) is 11.5 Å². The van der Waals surface area contributed by atoms with Crippen LogP contribution in [-0.2, 0) is 14.8 Å². The van der Waals surface area contributed by atoms with Crippen LogP contribution < -0.4 is 14.8 Å². The Kier molecular flexibility index (Phi) is 6.62. The van der Waals surface area contributed by atoms with Crippen molar-refractivity contribution in [3.8, 4) is 11.5 Å². The molecule has 3 aromatic rings. The van der Waals surface area contributed by atoms with E-state index in [-0.39, 0.29) is 23.2 Å². The van der Waals surface area contributed by atoms with E-state index in [1.165, 1.54) is 17.5 Å². The van der Waals surface area contributed by atoms with E-state index in [0.717, 1.165) is 30.0 Å². The third kappa shape index (κ3) is 4.87. The van der Waals surface area contributed by atoms with E-state index in [9.17, 15) is 13.2 Å². The van der Waals surface area contributed by atoms with Crippen molar-refractivity contribution in [1.29, 1.82) is 0 Å². The molecule has 7 nitrogen and oxygen atoms in total. The Hall–Kier alpha value is -3.10. The molecule has 1 N–H and O–H groups in total. The van der Waals surface area contributed by atoms with Crippen LogP contribution in [0.15, 0.2) is 65.6 Å². The van der Waals surface area contributed by atoms with Gasteiger partial charge in [-0.05, 0) is 53.9 Å². The molecule has 0 spiro atoms. The van der Waals surface area contributed by atoms with Crippen LogP contribution in [0.4, 0.5) is 5.69 Å². The number of carbonyl (C=O) groups is 1. The second kappa shape index (κ2) is 9.58. The number of anilines is 1. The Balaban J connectivity index is 1.46. The molecule has 0 radical (unpaired) electrons. The van der Waals surface area contributed by atoms with Crippen LogP contribution in [0.2, 0.25) is 0 Å². The van der Waals surface area contributed by atoms with E-state index in [4.69, 9.17) is 9.47 Å². The number of piperidine rings is 1. The molecular formula is C24H26N2O5S. The minimum absolute atomic E-state index is 0.0511. The van der Waals surface area contributed by atoms with E-state index in [2.05, 4.69) is 5.32 Å². The lowest BCUT2D eigenvalue weighted by Crippen LogP contribution is -2.35. The van der Waals surface area contributed by atoms with Gasteiger partial charge in [0.1, 0.15) is 16.4 Å². The summed E-state index contributed by atoms with van der Waals surface area (Å²) in [6.07, 6.45) is 2.70. The van der Waals surface area contributed by atoms with Gasteiger partial charge in [-0.25, -0.2) is 8.42 Å². The van der Waals surface area contributed by atoms with Crippen LogP contribution in [0.3, 0.4) is 0 Å². The van der Waals surface area contributed by atoms with Gasteiger partial charge in [-0.3, -0.25) is 4.79 Å². The number of sulfonamides is 1. The number of benzene rings is 3. The van der Waals surface area contributed by atoms with Crippen LogP contribution in [0.1, 0.15) is 19.3 Å². The van der Waals surface area contributed by atoms with Crippen molar-refractivity contribution in [2.24, 2.45) is 0 Å². The predicted octanol–water partition coefficient (Wildman–Crippen LogP) is 4.04. The van der Waals surface area contributed by atoms with Gasteiger partial charge in [0.2, 0.25) is 10.0 Å². The fourth-order valence-corrected chi connectivity index (χ4v) is 5.50. The van der Waals surface area contributed by atoms with Gasteiger partial charge in [-0.2, -0.15) is 4.31 Å². The Morgan fingerprint density at radius 3 is 2.47 bits per heavy atom. The van der Waals surface area contributed by atoms with E-state index < -0.39 is 10.0 Å². The summed E-state index contributed by atoms with van der Waals surface area (Å²) in [4.78, 5) is 12.5. The molecule has 0 bridgehead atoms. The molecular weight excluding hydrogens is 428 g/mol. The molecule has 8 heteroatoms. The summed E-state index contributed by atoms with van der Waals surface area (Å²) < 4.78 is 38.6. The lowest BCUT2D eigenvalue weighted by atomic mass is 10.1. The molecule has 168 valence electrons.